The number of sulfonamides is 1. The number of carbonyl (C=O) groups is 1. The highest BCUT2D eigenvalue weighted by Crippen LogP contribution is 2.24. The molecular weight excluding hydrogens is 418 g/mol. The number of non-ortho nitro benzene ring substituents is 1. The molecule has 0 aromatic heterocycles. The van der Waals surface area contributed by atoms with Gasteiger partial charge in [0, 0.05) is 25.1 Å². The van der Waals surface area contributed by atoms with E-state index in [-0.39, 0.29) is 42.7 Å². The zero-order valence-electron chi connectivity index (χ0n) is 18.5. The molecule has 1 amide bonds. The van der Waals surface area contributed by atoms with Gasteiger partial charge in [-0.1, -0.05) is 18.2 Å². The maximum atomic E-state index is 12.4. The molecule has 0 saturated carbocycles. The van der Waals surface area contributed by atoms with Crippen LogP contribution in [0, 0.1) is 30.9 Å². The fraction of sp³-hybridized carbons (Fsp3) is 0.409. The maximum Gasteiger partial charge on any atom is 0.271 e. The Kier molecular flexibility index (Phi) is 7.78. The number of nitrogens with zero attached hydrogens (tertiary/aromatic N) is 2. The van der Waals surface area contributed by atoms with Gasteiger partial charge in [-0.3, -0.25) is 19.2 Å². The highest BCUT2D eigenvalue weighted by Gasteiger charge is 2.20. The van der Waals surface area contributed by atoms with Crippen molar-refractivity contribution < 1.29 is 18.1 Å². The summed E-state index contributed by atoms with van der Waals surface area (Å²) < 4.78 is 25.5. The van der Waals surface area contributed by atoms with Gasteiger partial charge in [0.05, 0.1) is 22.9 Å². The Labute approximate surface area is 183 Å². The third-order valence-corrected chi connectivity index (χ3v) is 6.41. The van der Waals surface area contributed by atoms with Crippen LogP contribution in [0.4, 0.5) is 11.4 Å². The molecule has 31 heavy (non-hydrogen) atoms. The molecule has 0 spiro atoms. The first kappa shape index (κ1) is 24.3. The Morgan fingerprint density at radius 3 is 2.39 bits per heavy atom. The SMILES string of the molecule is Cc1cc(C)c([C@H](C)NC(=O)CCCN(c2cccc([N+](=O)[O-])c2)S(C)(=O)=O)cc1C. The highest BCUT2D eigenvalue weighted by molar-refractivity contribution is 7.92. The van der Waals surface area contributed by atoms with Crippen molar-refractivity contribution in [2.24, 2.45) is 0 Å². The molecule has 1 N–H and O–H groups in total. The lowest BCUT2D eigenvalue weighted by Gasteiger charge is -2.22. The van der Waals surface area contributed by atoms with E-state index in [4.69, 9.17) is 0 Å². The first-order chi connectivity index (χ1) is 14.4. The van der Waals surface area contributed by atoms with Gasteiger partial charge in [0.2, 0.25) is 15.9 Å². The summed E-state index contributed by atoms with van der Waals surface area (Å²) in [6.07, 6.45) is 1.45. The van der Waals surface area contributed by atoms with E-state index in [1.807, 2.05) is 27.7 Å². The van der Waals surface area contributed by atoms with E-state index < -0.39 is 14.9 Å². The van der Waals surface area contributed by atoms with Crippen molar-refractivity contribution in [1.29, 1.82) is 0 Å². The molecule has 0 saturated heterocycles. The molecular formula is C22H29N3O5S. The molecule has 0 aliphatic rings. The van der Waals surface area contributed by atoms with Crippen molar-refractivity contribution in [3.63, 3.8) is 0 Å². The number of hydrogen-bond donors (Lipinski definition) is 1. The lowest BCUT2D eigenvalue weighted by molar-refractivity contribution is -0.384. The number of anilines is 1. The molecule has 0 aliphatic heterocycles. The van der Waals surface area contributed by atoms with Gasteiger partial charge >= 0.3 is 0 Å². The number of carbonyl (C=O) groups excluding carboxylic acids is 1. The predicted octanol–water partition coefficient (Wildman–Crippen LogP) is 3.94. The summed E-state index contributed by atoms with van der Waals surface area (Å²) in [6, 6.07) is 9.44. The lowest BCUT2D eigenvalue weighted by atomic mass is 9.96. The van der Waals surface area contributed by atoms with Crippen molar-refractivity contribution >= 4 is 27.3 Å². The summed E-state index contributed by atoms with van der Waals surface area (Å²) in [5, 5.41) is 14.0. The summed E-state index contributed by atoms with van der Waals surface area (Å²) in [5.74, 6) is -0.183. The van der Waals surface area contributed by atoms with Crippen LogP contribution in [0.25, 0.3) is 0 Å². The van der Waals surface area contributed by atoms with Crippen LogP contribution in [-0.4, -0.2) is 32.0 Å². The van der Waals surface area contributed by atoms with Crippen molar-refractivity contribution in [2.75, 3.05) is 17.1 Å². The van der Waals surface area contributed by atoms with Gasteiger partial charge in [0.25, 0.3) is 5.69 Å². The van der Waals surface area contributed by atoms with Gasteiger partial charge in [-0.05, 0) is 62.4 Å². The van der Waals surface area contributed by atoms with Crippen LogP contribution in [-0.2, 0) is 14.8 Å². The van der Waals surface area contributed by atoms with E-state index in [9.17, 15) is 23.3 Å². The Balaban J connectivity index is 2.03. The third kappa shape index (κ3) is 6.52. The van der Waals surface area contributed by atoms with E-state index >= 15 is 0 Å². The number of nitro groups is 1. The fourth-order valence-corrected chi connectivity index (χ4v) is 4.43. The Bertz CT molecular complexity index is 1080. The summed E-state index contributed by atoms with van der Waals surface area (Å²) in [7, 11) is -3.66. The third-order valence-electron chi connectivity index (χ3n) is 5.22. The molecule has 0 radical (unpaired) electrons. The van der Waals surface area contributed by atoms with Crippen LogP contribution in [0.15, 0.2) is 36.4 Å². The monoisotopic (exact) mass is 447 g/mol. The summed E-state index contributed by atoms with van der Waals surface area (Å²) in [4.78, 5) is 22.9. The second-order valence-electron chi connectivity index (χ2n) is 7.80. The minimum Gasteiger partial charge on any atom is -0.350 e. The van der Waals surface area contributed by atoms with E-state index in [0.717, 1.165) is 27.3 Å². The zero-order valence-corrected chi connectivity index (χ0v) is 19.3. The zero-order chi connectivity index (χ0) is 23.3. The Hall–Kier alpha value is -2.94. The normalized spacial score (nSPS) is 12.3. The van der Waals surface area contributed by atoms with Gasteiger partial charge in [0.15, 0.2) is 0 Å². The second kappa shape index (κ2) is 9.91. The maximum absolute atomic E-state index is 12.4. The Morgan fingerprint density at radius 1 is 1.13 bits per heavy atom. The largest absolute Gasteiger partial charge is 0.350 e. The van der Waals surface area contributed by atoms with Crippen molar-refractivity contribution in [2.45, 2.75) is 46.6 Å². The van der Waals surface area contributed by atoms with E-state index in [2.05, 4.69) is 17.4 Å². The molecule has 2 aromatic rings. The van der Waals surface area contributed by atoms with Gasteiger partial charge in [0.1, 0.15) is 0 Å². The number of rotatable bonds is 9. The molecule has 168 valence electrons. The number of nitro benzene ring substituents is 1. The first-order valence-corrected chi connectivity index (χ1v) is 11.8. The topological polar surface area (TPSA) is 110 Å². The molecule has 0 heterocycles. The highest BCUT2D eigenvalue weighted by atomic mass is 32.2. The molecule has 2 aromatic carbocycles. The smallest absolute Gasteiger partial charge is 0.271 e. The molecule has 8 nitrogen and oxygen atoms in total. The minimum atomic E-state index is -3.66. The molecule has 0 bridgehead atoms. The van der Waals surface area contributed by atoms with E-state index in [1.165, 1.54) is 29.8 Å². The number of aryl methyl sites for hydroxylation is 3. The van der Waals surface area contributed by atoms with Crippen LogP contribution >= 0.6 is 0 Å². The van der Waals surface area contributed by atoms with Crippen LogP contribution in [0.3, 0.4) is 0 Å². The van der Waals surface area contributed by atoms with Gasteiger partial charge in [-0.25, -0.2) is 8.42 Å². The van der Waals surface area contributed by atoms with E-state index in [1.54, 1.807) is 0 Å². The summed E-state index contributed by atoms with van der Waals surface area (Å²) in [5.41, 5.74) is 4.51. The predicted molar refractivity (Wildman–Crippen MR) is 122 cm³/mol. The van der Waals surface area contributed by atoms with E-state index in [0.29, 0.717) is 0 Å². The number of nitrogens with one attached hydrogen (secondary N) is 1. The average molecular weight is 448 g/mol. The lowest BCUT2D eigenvalue weighted by Crippen LogP contribution is -2.32. The van der Waals surface area contributed by atoms with Crippen LogP contribution in [0.1, 0.15) is 48.1 Å². The minimum absolute atomic E-state index is 0.0461. The second-order valence-corrected chi connectivity index (χ2v) is 9.70. The molecule has 0 fully saturated rings. The Morgan fingerprint density at radius 2 is 1.77 bits per heavy atom. The van der Waals surface area contributed by atoms with Crippen molar-refractivity contribution in [3.8, 4) is 0 Å². The number of hydrogen-bond acceptors (Lipinski definition) is 5. The molecule has 0 aliphatic carbocycles. The summed E-state index contributed by atoms with van der Waals surface area (Å²) in [6.45, 7) is 8.05. The van der Waals surface area contributed by atoms with Gasteiger partial charge in [-0.2, -0.15) is 0 Å². The molecule has 0 unspecified atom stereocenters. The average Bonchev–Trinajstić information content (AvgIpc) is 2.67. The standard InChI is InChI=1S/C22H29N3O5S/c1-15-12-17(3)21(13-16(15)2)18(4)23-22(26)10-7-11-24(31(5,29)30)19-8-6-9-20(14-19)25(27)28/h6,8-9,12-14,18H,7,10-11H2,1-5H3,(H,23,26)/t18-/m0/s1. The van der Waals surface area contributed by atoms with Crippen molar-refractivity contribution in [3.05, 3.63) is 68.8 Å². The first-order valence-electron chi connectivity index (χ1n) is 9.99. The van der Waals surface area contributed by atoms with Crippen molar-refractivity contribution in [1.82, 2.24) is 5.32 Å². The van der Waals surface area contributed by atoms with Gasteiger partial charge < -0.3 is 5.32 Å². The molecule has 1 atom stereocenters. The molecule has 2 rings (SSSR count). The van der Waals surface area contributed by atoms with Crippen LogP contribution in [0.5, 0.6) is 0 Å². The number of benzene rings is 2. The quantitative estimate of drug-likeness (QED) is 0.462. The number of amides is 1. The molecule has 9 heteroatoms. The summed E-state index contributed by atoms with van der Waals surface area (Å²) >= 11 is 0. The van der Waals surface area contributed by atoms with Crippen LogP contribution < -0.4 is 9.62 Å². The van der Waals surface area contributed by atoms with Crippen LogP contribution in [0.2, 0.25) is 0 Å². The fourth-order valence-electron chi connectivity index (χ4n) is 3.47. The van der Waals surface area contributed by atoms with Gasteiger partial charge in [-0.15, -0.1) is 0 Å².